The lowest BCUT2D eigenvalue weighted by molar-refractivity contribution is 0.0681. The van der Waals surface area contributed by atoms with Gasteiger partial charge in [-0.15, -0.1) is 15.9 Å². The molecule has 0 atom stereocenters. The van der Waals surface area contributed by atoms with E-state index in [1.54, 1.807) is 51.3 Å². The molecule has 3 rings (SSSR count). The molecule has 0 aliphatic heterocycles. The third-order valence-electron chi connectivity index (χ3n) is 5.56. The molecule has 0 fully saturated rings. The molecule has 2 N–H and O–H groups in total. The number of aromatic nitrogens is 2. The van der Waals surface area contributed by atoms with Crippen molar-refractivity contribution in [2.75, 3.05) is 12.0 Å². The molecule has 1 aromatic heterocycles. The molecule has 12 heteroatoms. The molecule has 9 nitrogen and oxygen atoms in total. The van der Waals surface area contributed by atoms with Gasteiger partial charge < -0.3 is 9.67 Å². The van der Waals surface area contributed by atoms with Crippen LogP contribution in [-0.4, -0.2) is 49.5 Å². The lowest BCUT2D eigenvalue weighted by atomic mass is 10.0. The number of nitrogens with zero attached hydrogens (tertiary/aromatic N) is 2. The first-order chi connectivity index (χ1) is 17.0. The van der Waals surface area contributed by atoms with Crippen LogP contribution < -0.4 is 4.13 Å². The highest BCUT2D eigenvalue weighted by molar-refractivity contribution is 8.04. The van der Waals surface area contributed by atoms with E-state index in [9.17, 15) is 26.7 Å². The van der Waals surface area contributed by atoms with Crippen molar-refractivity contribution in [3.8, 4) is 11.1 Å². The van der Waals surface area contributed by atoms with Crippen LogP contribution in [0.3, 0.4) is 0 Å². The van der Waals surface area contributed by atoms with Crippen molar-refractivity contribution in [1.82, 2.24) is 13.7 Å². The number of aryl methyl sites for hydroxylation is 1. The van der Waals surface area contributed by atoms with Crippen molar-refractivity contribution in [2.24, 2.45) is 0 Å². The minimum absolute atomic E-state index is 0.149. The number of carbonyl (C=O) groups is 1. The van der Waals surface area contributed by atoms with Crippen LogP contribution in [0.15, 0.2) is 58.5 Å². The van der Waals surface area contributed by atoms with E-state index in [0.29, 0.717) is 34.9 Å². The van der Waals surface area contributed by atoms with Gasteiger partial charge in [0.05, 0.1) is 10.6 Å². The summed E-state index contributed by atoms with van der Waals surface area (Å²) in [4.78, 5) is 16.4. The highest BCUT2D eigenvalue weighted by Gasteiger charge is 2.25. The summed E-state index contributed by atoms with van der Waals surface area (Å²) in [7, 11) is -8.30. The number of thioether (sulfide) groups is 1. The molecule has 0 amide bonds. The Balaban J connectivity index is 1.97. The Bertz CT molecular complexity index is 1450. The second-order valence-electron chi connectivity index (χ2n) is 8.06. The number of hydrogen-bond donors (Lipinski definition) is 2. The van der Waals surface area contributed by atoms with Crippen LogP contribution in [0.2, 0.25) is 0 Å². The predicted octanol–water partition coefficient (Wildman–Crippen LogP) is 3.99. The molecule has 194 valence electrons. The predicted molar refractivity (Wildman–Crippen MR) is 140 cm³/mol. The Morgan fingerprint density at radius 1 is 1.06 bits per heavy atom. The third kappa shape index (κ3) is 6.36. The van der Waals surface area contributed by atoms with Crippen LogP contribution in [0, 0.1) is 0 Å². The molecule has 0 saturated carbocycles. The van der Waals surface area contributed by atoms with Gasteiger partial charge in [0.1, 0.15) is 10.9 Å². The number of nitrogens with one attached hydrogen (secondary N) is 1. The van der Waals surface area contributed by atoms with Gasteiger partial charge in [-0.2, -0.15) is 0 Å². The van der Waals surface area contributed by atoms with E-state index in [0.717, 1.165) is 18.4 Å². The lowest BCUT2D eigenvalue weighted by Crippen LogP contribution is -2.32. The summed E-state index contributed by atoms with van der Waals surface area (Å²) in [5.74, 6) is -0.698. The van der Waals surface area contributed by atoms with Gasteiger partial charge in [0.25, 0.3) is 10.0 Å². The molecule has 0 bridgehead atoms. The highest BCUT2D eigenvalue weighted by atomic mass is 32.3. The van der Waals surface area contributed by atoms with E-state index in [1.807, 2.05) is 0 Å². The van der Waals surface area contributed by atoms with Gasteiger partial charge in [-0.25, -0.2) is 26.6 Å². The molecule has 0 unspecified atom stereocenters. The van der Waals surface area contributed by atoms with Gasteiger partial charge in [0.15, 0.2) is 5.69 Å². The summed E-state index contributed by atoms with van der Waals surface area (Å²) in [6.07, 6.45) is 4.29. The average Bonchev–Trinajstić information content (AvgIpc) is 3.20. The monoisotopic (exact) mass is 551 g/mol. The molecule has 2 aromatic carbocycles. The topological polar surface area (TPSA) is 135 Å². The van der Waals surface area contributed by atoms with E-state index in [2.05, 4.69) is 11.9 Å². The van der Waals surface area contributed by atoms with Gasteiger partial charge >= 0.3 is 5.97 Å². The number of benzene rings is 2. The second-order valence-corrected chi connectivity index (χ2v) is 12.8. The summed E-state index contributed by atoms with van der Waals surface area (Å²) in [6.45, 7) is 3.71. The van der Waals surface area contributed by atoms with Crippen LogP contribution in [0.25, 0.3) is 11.1 Å². The molecule has 0 saturated heterocycles. The maximum absolute atomic E-state index is 12.8. The number of rotatable bonds is 12. The Hall–Kier alpha value is -2.67. The molecule has 1 heterocycles. The Morgan fingerprint density at radius 2 is 1.72 bits per heavy atom. The lowest BCUT2D eigenvalue weighted by Gasteiger charge is -2.13. The van der Waals surface area contributed by atoms with E-state index >= 15 is 0 Å². The molecule has 0 aliphatic rings. The van der Waals surface area contributed by atoms with Crippen LogP contribution in [-0.2, 0) is 33.0 Å². The summed E-state index contributed by atoms with van der Waals surface area (Å²) >= 11 is 1.29. The minimum Gasteiger partial charge on any atom is -0.476 e. The number of hydrogen-bond acceptors (Lipinski definition) is 7. The van der Waals surface area contributed by atoms with E-state index in [-0.39, 0.29) is 16.3 Å². The molecule has 0 spiro atoms. The fraction of sp³-hybridized carbons (Fsp3) is 0.333. The second kappa shape index (κ2) is 11.6. The highest BCUT2D eigenvalue weighted by Crippen LogP contribution is 2.29. The number of unbranched alkanes of at least 4 members (excludes halogenated alkanes) is 1. The smallest absolute Gasteiger partial charge is 0.355 e. The maximum atomic E-state index is 12.8. The fourth-order valence-electron chi connectivity index (χ4n) is 3.70. The molecule has 0 aliphatic carbocycles. The van der Waals surface area contributed by atoms with Crippen LogP contribution in [0.4, 0.5) is 0 Å². The Morgan fingerprint density at radius 3 is 2.31 bits per heavy atom. The van der Waals surface area contributed by atoms with Crippen LogP contribution >= 0.6 is 11.8 Å². The summed E-state index contributed by atoms with van der Waals surface area (Å²) in [6, 6.07) is 13.2. The van der Waals surface area contributed by atoms with Gasteiger partial charge in [-0.05, 0) is 36.8 Å². The molecular formula is C24H29N3O6S3. The zero-order valence-electron chi connectivity index (χ0n) is 20.3. The van der Waals surface area contributed by atoms with Crippen molar-refractivity contribution in [1.29, 1.82) is 0 Å². The van der Waals surface area contributed by atoms with Crippen molar-refractivity contribution in [2.45, 2.75) is 49.6 Å². The standard InChI is InChI=1S/C24H29N3O6S3/c1-4-6-11-21-25-23(34-3)22(24(28)29)27(21)16-17-12-14-18(15-13-17)19-9-7-8-10-20(19)36(32,33)26-35(30,31)5-2/h7-10,12-15,26H,4-6,11,16H2,1-3H3,(H,28,29). The summed E-state index contributed by atoms with van der Waals surface area (Å²) in [5, 5.41) is 10.3. The van der Waals surface area contributed by atoms with Crippen molar-refractivity contribution < 1.29 is 26.7 Å². The van der Waals surface area contributed by atoms with Gasteiger partial charge in [-0.1, -0.05) is 55.8 Å². The number of carboxylic acid groups (broad SMARTS) is 1. The maximum Gasteiger partial charge on any atom is 0.355 e. The van der Waals surface area contributed by atoms with Crippen molar-refractivity contribution in [3.63, 3.8) is 0 Å². The summed E-state index contributed by atoms with van der Waals surface area (Å²) in [5.41, 5.74) is 1.90. The van der Waals surface area contributed by atoms with Crippen molar-refractivity contribution >= 4 is 37.8 Å². The normalized spacial score (nSPS) is 12.1. The molecule has 0 radical (unpaired) electrons. The van der Waals surface area contributed by atoms with Crippen LogP contribution in [0.5, 0.6) is 0 Å². The number of imidazole rings is 1. The summed E-state index contributed by atoms with van der Waals surface area (Å²) < 4.78 is 52.9. The molecule has 3 aromatic rings. The SMILES string of the molecule is CCCCc1nc(SC)c(C(=O)O)n1Cc1ccc(-c2ccccc2S(=O)(=O)NS(=O)(=O)CC)cc1. The molecular weight excluding hydrogens is 522 g/mol. The first-order valence-corrected chi connectivity index (χ1v) is 15.7. The number of sulfonamides is 2. The van der Waals surface area contributed by atoms with E-state index in [1.165, 1.54) is 30.8 Å². The minimum atomic E-state index is -4.32. The third-order valence-corrected chi connectivity index (χ3v) is 9.82. The zero-order valence-corrected chi connectivity index (χ0v) is 22.7. The van der Waals surface area contributed by atoms with Gasteiger partial charge in [0, 0.05) is 18.5 Å². The van der Waals surface area contributed by atoms with E-state index < -0.39 is 26.0 Å². The van der Waals surface area contributed by atoms with Gasteiger partial charge in [-0.3, -0.25) is 0 Å². The zero-order chi connectivity index (χ0) is 26.5. The molecule has 36 heavy (non-hydrogen) atoms. The fourth-order valence-corrected chi connectivity index (χ4v) is 7.19. The first kappa shape index (κ1) is 27.9. The first-order valence-electron chi connectivity index (χ1n) is 11.3. The number of carboxylic acids is 1. The van der Waals surface area contributed by atoms with Crippen LogP contribution in [0.1, 0.15) is 48.6 Å². The van der Waals surface area contributed by atoms with E-state index in [4.69, 9.17) is 0 Å². The van der Waals surface area contributed by atoms with Crippen molar-refractivity contribution in [3.05, 3.63) is 65.6 Å². The number of aromatic carboxylic acids is 1. The average molecular weight is 552 g/mol. The largest absolute Gasteiger partial charge is 0.476 e. The quantitative estimate of drug-likeness (QED) is 0.323. The Labute approximate surface area is 216 Å². The Kier molecular flexibility index (Phi) is 8.98. The van der Waals surface area contributed by atoms with Gasteiger partial charge in [0.2, 0.25) is 10.0 Å².